The Kier molecular flexibility index (Phi) is 5.78. The van der Waals surface area contributed by atoms with Crippen LogP contribution in [0.1, 0.15) is 6.92 Å². The third-order valence-corrected chi connectivity index (χ3v) is 4.02. The van der Waals surface area contributed by atoms with Crippen molar-refractivity contribution < 1.29 is 14.3 Å². The molecule has 7 heteroatoms. The number of amides is 3. The highest BCUT2D eigenvalue weighted by molar-refractivity contribution is 6.30. The Morgan fingerprint density at radius 3 is 2.48 bits per heavy atom. The monoisotopic (exact) mass is 383 g/mol. The van der Waals surface area contributed by atoms with E-state index in [1.165, 1.54) is 0 Å². The molecule has 0 bridgehead atoms. The Balaban J connectivity index is 1.51. The van der Waals surface area contributed by atoms with E-state index in [0.717, 1.165) is 10.8 Å². The van der Waals surface area contributed by atoms with E-state index in [9.17, 15) is 9.59 Å². The van der Waals surface area contributed by atoms with Crippen molar-refractivity contribution in [1.29, 1.82) is 0 Å². The molecule has 0 radical (unpaired) electrons. The summed E-state index contributed by atoms with van der Waals surface area (Å²) < 4.78 is 5.65. The summed E-state index contributed by atoms with van der Waals surface area (Å²) in [5, 5.41) is 5.15. The molecule has 0 saturated heterocycles. The molecule has 3 aromatic carbocycles. The SMILES string of the molecule is C[C@@H](Oc1ccc2ccccc2c1)C(=O)NNC(=O)Nc1cccc(Cl)c1. The van der Waals surface area contributed by atoms with Crippen LogP contribution in [0.4, 0.5) is 10.5 Å². The molecule has 27 heavy (non-hydrogen) atoms. The van der Waals surface area contributed by atoms with Gasteiger partial charge in [0.15, 0.2) is 6.10 Å². The van der Waals surface area contributed by atoms with Gasteiger partial charge in [-0.2, -0.15) is 0 Å². The number of ether oxygens (including phenoxy) is 1. The molecule has 1 atom stereocenters. The lowest BCUT2D eigenvalue weighted by molar-refractivity contribution is -0.127. The van der Waals surface area contributed by atoms with Gasteiger partial charge in [-0.25, -0.2) is 10.2 Å². The van der Waals surface area contributed by atoms with Crippen molar-refractivity contribution in [1.82, 2.24) is 10.9 Å². The Bertz CT molecular complexity index is 977. The van der Waals surface area contributed by atoms with Crippen LogP contribution in [0.3, 0.4) is 0 Å². The van der Waals surface area contributed by atoms with Crippen molar-refractivity contribution >= 4 is 40.0 Å². The van der Waals surface area contributed by atoms with E-state index >= 15 is 0 Å². The number of benzene rings is 3. The first-order chi connectivity index (χ1) is 13.0. The summed E-state index contributed by atoms with van der Waals surface area (Å²) in [6, 6.07) is 19.5. The molecule has 0 heterocycles. The predicted octanol–water partition coefficient (Wildman–Crippen LogP) is 4.11. The normalized spacial score (nSPS) is 11.5. The van der Waals surface area contributed by atoms with Gasteiger partial charge in [0.1, 0.15) is 5.75 Å². The molecule has 138 valence electrons. The van der Waals surface area contributed by atoms with E-state index in [0.29, 0.717) is 16.5 Å². The molecule has 0 saturated carbocycles. The van der Waals surface area contributed by atoms with E-state index in [1.54, 1.807) is 37.3 Å². The van der Waals surface area contributed by atoms with Gasteiger partial charge in [-0.05, 0) is 48.0 Å². The number of hydrazine groups is 1. The fraction of sp³-hybridized carbons (Fsp3) is 0.100. The first-order valence-corrected chi connectivity index (χ1v) is 8.67. The van der Waals surface area contributed by atoms with E-state index in [-0.39, 0.29) is 0 Å². The van der Waals surface area contributed by atoms with Crippen molar-refractivity contribution in [2.75, 3.05) is 5.32 Å². The van der Waals surface area contributed by atoms with Gasteiger partial charge in [-0.1, -0.05) is 48.0 Å². The Labute approximate surface area is 161 Å². The topological polar surface area (TPSA) is 79.5 Å². The van der Waals surface area contributed by atoms with E-state index in [1.807, 2.05) is 36.4 Å². The van der Waals surface area contributed by atoms with Crippen LogP contribution in [0.5, 0.6) is 5.75 Å². The zero-order valence-corrected chi connectivity index (χ0v) is 15.3. The molecule has 0 aliphatic rings. The van der Waals surface area contributed by atoms with Crippen molar-refractivity contribution in [2.24, 2.45) is 0 Å². The summed E-state index contributed by atoms with van der Waals surface area (Å²) in [5.74, 6) is 0.0872. The lowest BCUT2D eigenvalue weighted by Gasteiger charge is -2.16. The van der Waals surface area contributed by atoms with Gasteiger partial charge in [-0.15, -0.1) is 0 Å². The van der Waals surface area contributed by atoms with Crippen LogP contribution in [0.15, 0.2) is 66.7 Å². The van der Waals surface area contributed by atoms with Crippen LogP contribution in [-0.4, -0.2) is 18.0 Å². The van der Waals surface area contributed by atoms with Crippen LogP contribution in [0.25, 0.3) is 10.8 Å². The minimum absolute atomic E-state index is 0.482. The van der Waals surface area contributed by atoms with Crippen LogP contribution in [0.2, 0.25) is 5.02 Å². The number of halogens is 1. The van der Waals surface area contributed by atoms with Crippen LogP contribution >= 0.6 is 11.6 Å². The van der Waals surface area contributed by atoms with Gasteiger partial charge in [0.25, 0.3) is 5.91 Å². The van der Waals surface area contributed by atoms with Gasteiger partial charge >= 0.3 is 6.03 Å². The molecule has 3 amide bonds. The summed E-state index contributed by atoms with van der Waals surface area (Å²) in [4.78, 5) is 24.0. The number of hydrogen-bond donors (Lipinski definition) is 3. The number of nitrogens with one attached hydrogen (secondary N) is 3. The van der Waals surface area contributed by atoms with Crippen LogP contribution in [-0.2, 0) is 4.79 Å². The second-order valence-electron chi connectivity index (χ2n) is 5.85. The van der Waals surface area contributed by atoms with E-state index < -0.39 is 18.0 Å². The standard InChI is InChI=1S/C20H18ClN3O3/c1-13(27-18-10-9-14-5-2-3-6-15(14)11-18)19(25)23-24-20(26)22-17-8-4-7-16(21)12-17/h2-13H,1H3,(H,23,25)(H2,22,24,26)/t13-/m1/s1. The Hall–Kier alpha value is -3.25. The summed E-state index contributed by atoms with van der Waals surface area (Å²) in [6.45, 7) is 1.60. The number of urea groups is 1. The van der Waals surface area contributed by atoms with Crippen LogP contribution in [0, 0.1) is 0 Å². The zero-order valence-electron chi connectivity index (χ0n) is 14.5. The molecule has 6 nitrogen and oxygen atoms in total. The summed E-state index contributed by atoms with van der Waals surface area (Å²) in [5.41, 5.74) is 5.10. The minimum atomic E-state index is -0.794. The van der Waals surface area contributed by atoms with Gasteiger partial charge in [0.05, 0.1) is 0 Å². The molecule has 0 fully saturated rings. The highest BCUT2D eigenvalue weighted by Gasteiger charge is 2.15. The van der Waals surface area contributed by atoms with Crippen molar-refractivity contribution in [2.45, 2.75) is 13.0 Å². The third kappa shape index (κ3) is 5.12. The van der Waals surface area contributed by atoms with Crippen molar-refractivity contribution in [3.05, 3.63) is 71.8 Å². The first kappa shape index (κ1) is 18.5. The quantitative estimate of drug-likeness (QED) is 0.593. The first-order valence-electron chi connectivity index (χ1n) is 8.29. The lowest BCUT2D eigenvalue weighted by Crippen LogP contribution is -2.48. The Morgan fingerprint density at radius 1 is 0.926 bits per heavy atom. The Morgan fingerprint density at radius 2 is 1.70 bits per heavy atom. The molecular weight excluding hydrogens is 366 g/mol. The maximum Gasteiger partial charge on any atom is 0.337 e. The maximum absolute atomic E-state index is 12.1. The molecule has 3 aromatic rings. The number of hydrogen-bond acceptors (Lipinski definition) is 3. The summed E-state index contributed by atoms with van der Waals surface area (Å²) in [7, 11) is 0. The van der Waals surface area contributed by atoms with Gasteiger partial charge < -0.3 is 10.1 Å². The number of fused-ring (bicyclic) bond motifs is 1. The highest BCUT2D eigenvalue weighted by atomic mass is 35.5. The number of carbonyl (C=O) groups is 2. The van der Waals surface area contributed by atoms with E-state index in [4.69, 9.17) is 16.3 Å². The molecule has 0 aromatic heterocycles. The fourth-order valence-corrected chi connectivity index (χ4v) is 2.64. The van der Waals surface area contributed by atoms with Gasteiger partial charge in [0.2, 0.25) is 0 Å². The van der Waals surface area contributed by atoms with Crippen LogP contribution < -0.4 is 20.9 Å². The average Bonchev–Trinajstić information content (AvgIpc) is 2.66. The second-order valence-corrected chi connectivity index (χ2v) is 6.28. The smallest absolute Gasteiger partial charge is 0.337 e. The highest BCUT2D eigenvalue weighted by Crippen LogP contribution is 2.21. The second kappa shape index (κ2) is 8.42. The van der Waals surface area contributed by atoms with Crippen molar-refractivity contribution in [3.63, 3.8) is 0 Å². The third-order valence-electron chi connectivity index (χ3n) is 3.78. The molecule has 0 aliphatic heterocycles. The number of anilines is 1. The summed E-state index contributed by atoms with van der Waals surface area (Å²) in [6.07, 6.45) is -0.794. The molecule has 3 rings (SSSR count). The largest absolute Gasteiger partial charge is 0.481 e. The zero-order chi connectivity index (χ0) is 19.2. The molecule has 3 N–H and O–H groups in total. The van der Waals surface area contributed by atoms with Gasteiger partial charge in [0, 0.05) is 10.7 Å². The average molecular weight is 384 g/mol. The molecule has 0 spiro atoms. The van der Waals surface area contributed by atoms with Crippen molar-refractivity contribution in [3.8, 4) is 5.75 Å². The molecule has 0 aliphatic carbocycles. The predicted molar refractivity (Wildman–Crippen MR) is 106 cm³/mol. The number of rotatable bonds is 4. The summed E-state index contributed by atoms with van der Waals surface area (Å²) >= 11 is 5.85. The minimum Gasteiger partial charge on any atom is -0.481 e. The fourth-order valence-electron chi connectivity index (χ4n) is 2.45. The number of carbonyl (C=O) groups excluding carboxylic acids is 2. The molecular formula is C20H18ClN3O3. The maximum atomic E-state index is 12.1. The van der Waals surface area contributed by atoms with E-state index in [2.05, 4.69) is 16.2 Å². The lowest BCUT2D eigenvalue weighted by atomic mass is 10.1. The van der Waals surface area contributed by atoms with Gasteiger partial charge in [-0.3, -0.25) is 10.2 Å². The molecule has 0 unspecified atom stereocenters.